The lowest BCUT2D eigenvalue weighted by Gasteiger charge is -1.96. The number of aliphatic imine (C=N–C) groups is 1. The quantitative estimate of drug-likeness (QED) is 0.183. The van der Waals surface area contributed by atoms with E-state index in [0.717, 1.165) is 0 Å². The van der Waals surface area contributed by atoms with Crippen LogP contribution in [0.5, 0.6) is 0 Å². The maximum absolute atomic E-state index is 10.3. The highest BCUT2D eigenvalue weighted by molar-refractivity contribution is 5.82. The number of nitro benzene ring substituents is 1. The largest absolute Gasteiger partial charge is 0.369 e. The lowest BCUT2D eigenvalue weighted by atomic mass is 10.3. The summed E-state index contributed by atoms with van der Waals surface area (Å²) in [7, 11) is 0. The minimum Gasteiger partial charge on any atom is -0.369 e. The summed E-state index contributed by atoms with van der Waals surface area (Å²) in [6.45, 7) is 0. The van der Waals surface area contributed by atoms with E-state index in [1.165, 1.54) is 24.3 Å². The van der Waals surface area contributed by atoms with E-state index in [1.54, 1.807) is 6.19 Å². The number of hydrogen-bond donors (Lipinski definition) is 2. The molecule has 0 saturated carbocycles. The number of nitro groups is 1. The SMILES string of the molecule is N#CNC(N)=Nc1ccc([N+](=O)[O-])cc1. The second kappa shape index (κ2) is 4.57. The van der Waals surface area contributed by atoms with Crippen LogP contribution in [-0.4, -0.2) is 10.9 Å². The smallest absolute Gasteiger partial charge is 0.269 e. The normalized spacial score (nSPS) is 10.5. The van der Waals surface area contributed by atoms with E-state index < -0.39 is 4.92 Å². The molecule has 0 aromatic heterocycles. The van der Waals surface area contributed by atoms with Crippen molar-refractivity contribution in [1.29, 1.82) is 5.26 Å². The molecule has 1 aromatic rings. The van der Waals surface area contributed by atoms with Crippen LogP contribution in [0.1, 0.15) is 0 Å². The topological polar surface area (TPSA) is 117 Å². The molecule has 0 spiro atoms. The number of nitrogens with one attached hydrogen (secondary N) is 1. The first-order chi connectivity index (χ1) is 7.13. The van der Waals surface area contributed by atoms with Crippen molar-refractivity contribution >= 4 is 17.3 Å². The summed E-state index contributed by atoms with van der Waals surface area (Å²) >= 11 is 0. The summed E-state index contributed by atoms with van der Waals surface area (Å²) in [5.41, 5.74) is 5.70. The number of rotatable bonds is 2. The van der Waals surface area contributed by atoms with Crippen LogP contribution in [0.4, 0.5) is 11.4 Å². The van der Waals surface area contributed by atoms with E-state index in [1.807, 2.05) is 0 Å². The Bertz CT molecular complexity index is 431. The van der Waals surface area contributed by atoms with Crippen LogP contribution in [0.25, 0.3) is 0 Å². The zero-order chi connectivity index (χ0) is 11.3. The maximum atomic E-state index is 10.3. The van der Waals surface area contributed by atoms with Gasteiger partial charge in [0.2, 0.25) is 5.96 Å². The Kier molecular flexibility index (Phi) is 3.19. The van der Waals surface area contributed by atoms with Gasteiger partial charge in [-0.2, -0.15) is 5.26 Å². The van der Waals surface area contributed by atoms with E-state index in [2.05, 4.69) is 10.3 Å². The average Bonchev–Trinajstić information content (AvgIpc) is 2.18. The second-order valence-corrected chi connectivity index (χ2v) is 2.51. The Labute approximate surface area is 85.0 Å². The number of nitrogens with two attached hydrogens (primary N) is 1. The van der Waals surface area contributed by atoms with Crippen molar-refractivity contribution in [2.45, 2.75) is 0 Å². The summed E-state index contributed by atoms with van der Waals surface area (Å²) in [6.07, 6.45) is 1.60. The first-order valence-corrected chi connectivity index (χ1v) is 3.87. The molecule has 0 radical (unpaired) electrons. The standard InChI is InChI=1S/C8H7N5O2/c9-5-11-8(10)12-6-1-3-7(4-2-6)13(14)15/h1-4H,(H3,10,11,12). The third kappa shape index (κ3) is 2.96. The fourth-order valence-electron chi connectivity index (χ4n) is 0.873. The van der Waals surface area contributed by atoms with Crippen LogP contribution in [-0.2, 0) is 0 Å². The molecule has 0 aliphatic heterocycles. The van der Waals surface area contributed by atoms with Gasteiger partial charge in [-0.15, -0.1) is 0 Å². The van der Waals surface area contributed by atoms with Crippen LogP contribution < -0.4 is 11.1 Å². The highest BCUT2D eigenvalue weighted by atomic mass is 16.6. The average molecular weight is 205 g/mol. The minimum atomic E-state index is -0.510. The van der Waals surface area contributed by atoms with Gasteiger partial charge in [-0.3, -0.25) is 15.4 Å². The molecule has 0 amide bonds. The Morgan fingerprint density at radius 2 is 2.13 bits per heavy atom. The molecular formula is C8H7N5O2. The van der Waals surface area contributed by atoms with Gasteiger partial charge in [0, 0.05) is 12.1 Å². The summed E-state index contributed by atoms with van der Waals surface area (Å²) in [5, 5.41) is 20.7. The third-order valence-corrected chi connectivity index (χ3v) is 1.49. The number of hydrogen-bond acceptors (Lipinski definition) is 4. The zero-order valence-electron chi connectivity index (χ0n) is 7.54. The molecule has 7 nitrogen and oxygen atoms in total. The molecule has 0 fully saturated rings. The predicted molar refractivity (Wildman–Crippen MR) is 53.1 cm³/mol. The lowest BCUT2D eigenvalue weighted by molar-refractivity contribution is -0.384. The number of benzene rings is 1. The van der Waals surface area contributed by atoms with Gasteiger partial charge in [0.05, 0.1) is 10.6 Å². The summed E-state index contributed by atoms with van der Waals surface area (Å²) in [4.78, 5) is 13.6. The molecule has 0 atom stereocenters. The molecule has 15 heavy (non-hydrogen) atoms. The monoisotopic (exact) mass is 205 g/mol. The van der Waals surface area contributed by atoms with Crippen LogP contribution in [0.3, 0.4) is 0 Å². The summed E-state index contributed by atoms with van der Waals surface area (Å²) < 4.78 is 0. The van der Waals surface area contributed by atoms with Crippen molar-refractivity contribution in [3.63, 3.8) is 0 Å². The number of nitrogens with zero attached hydrogens (tertiary/aromatic N) is 3. The van der Waals surface area contributed by atoms with Crippen LogP contribution in [0.15, 0.2) is 29.3 Å². The Balaban J connectivity index is 2.86. The van der Waals surface area contributed by atoms with Crippen LogP contribution in [0.2, 0.25) is 0 Å². The fraction of sp³-hybridized carbons (Fsp3) is 0. The van der Waals surface area contributed by atoms with Gasteiger partial charge in [-0.25, -0.2) is 4.99 Å². The highest BCUT2D eigenvalue weighted by Gasteiger charge is 2.03. The molecule has 76 valence electrons. The minimum absolute atomic E-state index is 0.0271. The van der Waals surface area contributed by atoms with Crippen molar-refractivity contribution in [3.8, 4) is 6.19 Å². The highest BCUT2D eigenvalue weighted by Crippen LogP contribution is 2.17. The van der Waals surface area contributed by atoms with E-state index in [0.29, 0.717) is 5.69 Å². The molecule has 1 aromatic carbocycles. The molecule has 0 saturated heterocycles. The predicted octanol–water partition coefficient (Wildman–Crippen LogP) is 0.612. The van der Waals surface area contributed by atoms with Gasteiger partial charge >= 0.3 is 0 Å². The van der Waals surface area contributed by atoms with Crippen LogP contribution in [0, 0.1) is 21.6 Å². The first kappa shape index (κ1) is 10.5. The molecule has 0 unspecified atom stereocenters. The van der Waals surface area contributed by atoms with Gasteiger partial charge in [0.25, 0.3) is 5.69 Å². The maximum Gasteiger partial charge on any atom is 0.269 e. The third-order valence-electron chi connectivity index (χ3n) is 1.49. The first-order valence-electron chi connectivity index (χ1n) is 3.87. The zero-order valence-corrected chi connectivity index (χ0v) is 7.54. The van der Waals surface area contributed by atoms with Crippen molar-refractivity contribution < 1.29 is 4.92 Å². The van der Waals surface area contributed by atoms with Gasteiger partial charge < -0.3 is 5.73 Å². The van der Waals surface area contributed by atoms with Crippen molar-refractivity contribution in [2.75, 3.05) is 0 Å². The Morgan fingerprint density at radius 1 is 1.53 bits per heavy atom. The molecule has 0 heterocycles. The van der Waals surface area contributed by atoms with Crippen molar-refractivity contribution in [2.24, 2.45) is 10.7 Å². The lowest BCUT2D eigenvalue weighted by Crippen LogP contribution is -2.26. The number of nitriles is 1. The van der Waals surface area contributed by atoms with E-state index in [-0.39, 0.29) is 11.6 Å². The van der Waals surface area contributed by atoms with Crippen molar-refractivity contribution in [3.05, 3.63) is 34.4 Å². The fourth-order valence-corrected chi connectivity index (χ4v) is 0.873. The van der Waals surface area contributed by atoms with E-state index in [4.69, 9.17) is 11.0 Å². The van der Waals surface area contributed by atoms with Gasteiger partial charge in [0.1, 0.15) is 0 Å². The van der Waals surface area contributed by atoms with Gasteiger partial charge in [-0.1, -0.05) is 0 Å². The van der Waals surface area contributed by atoms with E-state index >= 15 is 0 Å². The molecule has 3 N–H and O–H groups in total. The molecule has 0 bridgehead atoms. The number of guanidine groups is 1. The van der Waals surface area contributed by atoms with Gasteiger partial charge in [-0.05, 0) is 12.1 Å². The molecule has 7 heteroatoms. The molecular weight excluding hydrogens is 198 g/mol. The molecule has 0 aliphatic carbocycles. The Hall–Kier alpha value is -2.62. The van der Waals surface area contributed by atoms with Crippen LogP contribution >= 0.6 is 0 Å². The summed E-state index contributed by atoms with van der Waals surface area (Å²) in [6, 6.07) is 5.48. The Morgan fingerprint density at radius 3 is 2.60 bits per heavy atom. The summed E-state index contributed by atoms with van der Waals surface area (Å²) in [5.74, 6) is -0.0636. The van der Waals surface area contributed by atoms with E-state index in [9.17, 15) is 10.1 Å². The number of non-ortho nitro benzene ring substituents is 1. The second-order valence-electron chi connectivity index (χ2n) is 2.51. The van der Waals surface area contributed by atoms with Gasteiger partial charge in [0.15, 0.2) is 6.19 Å². The molecule has 1 rings (SSSR count). The van der Waals surface area contributed by atoms with Crippen molar-refractivity contribution in [1.82, 2.24) is 5.32 Å². The molecule has 0 aliphatic rings.